The van der Waals surface area contributed by atoms with Crippen molar-refractivity contribution >= 4 is 29.0 Å². The van der Waals surface area contributed by atoms with Crippen LogP contribution in [0.25, 0.3) is 0 Å². The predicted molar refractivity (Wildman–Crippen MR) is 113 cm³/mol. The number of hydrogen-bond acceptors (Lipinski definition) is 6. The van der Waals surface area contributed by atoms with E-state index < -0.39 is 35.1 Å². The summed E-state index contributed by atoms with van der Waals surface area (Å²) in [5.41, 5.74) is -0.984. The van der Waals surface area contributed by atoms with Crippen molar-refractivity contribution in [2.75, 3.05) is 16.8 Å². The maximum absolute atomic E-state index is 13.8. The molecular formula is C23H25FN2O5. The number of hydrogen-bond donors (Lipinski definition) is 2. The van der Waals surface area contributed by atoms with Gasteiger partial charge in [0.2, 0.25) is 0 Å². The van der Waals surface area contributed by atoms with Crippen LogP contribution >= 0.6 is 0 Å². The molecule has 2 aromatic carbocycles. The van der Waals surface area contributed by atoms with Crippen molar-refractivity contribution in [3.05, 3.63) is 59.4 Å². The zero-order chi connectivity index (χ0) is 22.9. The summed E-state index contributed by atoms with van der Waals surface area (Å²) in [6, 6.07) is 9.96. The normalized spacial score (nSPS) is 18.7. The fourth-order valence-corrected chi connectivity index (χ4v) is 3.93. The molecule has 1 amide bonds. The number of amides is 1. The number of Topliss-reactive ketones (excluding diaryl/α,β-unsaturated/α-hetero) is 1. The van der Waals surface area contributed by atoms with Gasteiger partial charge in [-0.15, -0.1) is 0 Å². The average Bonchev–Trinajstić information content (AvgIpc) is 2.97. The van der Waals surface area contributed by atoms with Gasteiger partial charge in [-0.3, -0.25) is 9.59 Å². The molecule has 1 heterocycles. The van der Waals surface area contributed by atoms with Crippen LogP contribution in [-0.4, -0.2) is 41.5 Å². The van der Waals surface area contributed by atoms with Crippen LogP contribution in [-0.2, 0) is 19.9 Å². The zero-order valence-corrected chi connectivity index (χ0v) is 17.8. The van der Waals surface area contributed by atoms with Crippen molar-refractivity contribution in [1.29, 1.82) is 0 Å². The van der Waals surface area contributed by atoms with Crippen LogP contribution in [0.1, 0.15) is 43.6 Å². The number of rotatable bonds is 7. The number of aliphatic hydroxyl groups excluding tert-OH is 1. The summed E-state index contributed by atoms with van der Waals surface area (Å²) in [6.45, 7) is 6.47. The first-order valence-electron chi connectivity index (χ1n) is 10.0. The van der Waals surface area contributed by atoms with Crippen molar-refractivity contribution in [1.82, 2.24) is 0 Å². The molecule has 0 saturated carbocycles. The summed E-state index contributed by atoms with van der Waals surface area (Å²) in [5.74, 6) is -2.64. The number of halogens is 1. The van der Waals surface area contributed by atoms with Gasteiger partial charge in [0, 0.05) is 22.9 Å². The number of anilines is 2. The van der Waals surface area contributed by atoms with Crippen LogP contribution in [0.3, 0.4) is 0 Å². The first-order valence-corrected chi connectivity index (χ1v) is 10.0. The third kappa shape index (κ3) is 3.67. The van der Waals surface area contributed by atoms with Gasteiger partial charge >= 0.3 is 5.97 Å². The lowest BCUT2D eigenvalue weighted by atomic mass is 9.84. The number of nitrogens with zero attached hydrogens (tertiary/aromatic N) is 1. The molecular weight excluding hydrogens is 403 g/mol. The number of benzene rings is 2. The molecule has 2 N–H and O–H groups in total. The Morgan fingerprint density at radius 3 is 2.52 bits per heavy atom. The number of para-hydroxylation sites is 1. The number of carbonyl (C=O) groups is 3. The van der Waals surface area contributed by atoms with E-state index >= 15 is 0 Å². The van der Waals surface area contributed by atoms with Gasteiger partial charge in [-0.1, -0.05) is 18.2 Å². The predicted octanol–water partition coefficient (Wildman–Crippen LogP) is 3.01. The van der Waals surface area contributed by atoms with E-state index in [0.717, 1.165) is 12.1 Å². The van der Waals surface area contributed by atoms with Gasteiger partial charge in [-0.25, -0.2) is 9.18 Å². The maximum atomic E-state index is 13.8. The van der Waals surface area contributed by atoms with Gasteiger partial charge in [0.05, 0.1) is 12.3 Å². The Hall–Kier alpha value is -3.26. The molecule has 0 bridgehead atoms. The van der Waals surface area contributed by atoms with E-state index in [2.05, 4.69) is 5.32 Å². The molecule has 7 nitrogen and oxygen atoms in total. The fraction of sp³-hybridized carbons (Fsp3) is 0.348. The van der Waals surface area contributed by atoms with Gasteiger partial charge in [-0.2, -0.15) is 0 Å². The number of aliphatic hydroxyl groups is 1. The molecule has 0 fully saturated rings. The largest absolute Gasteiger partial charge is 0.464 e. The molecule has 0 unspecified atom stereocenters. The van der Waals surface area contributed by atoms with Crippen LogP contribution in [0.15, 0.2) is 42.5 Å². The van der Waals surface area contributed by atoms with Crippen molar-refractivity contribution in [3.8, 4) is 0 Å². The minimum atomic E-state index is -1.96. The lowest BCUT2D eigenvalue weighted by molar-refractivity contribution is -0.159. The lowest BCUT2D eigenvalue weighted by Crippen LogP contribution is -2.58. The van der Waals surface area contributed by atoms with E-state index in [1.807, 2.05) is 0 Å². The number of esters is 1. The van der Waals surface area contributed by atoms with Crippen LogP contribution in [0.2, 0.25) is 0 Å². The minimum absolute atomic E-state index is 0.00491. The Balaban J connectivity index is 2.27. The SMILES string of the molecule is CCOC(=O)[C@@H](O)[C@]1(Nc2ccc(F)cc2C(C)=O)C(=O)N(C(C)C)c2ccccc21. The lowest BCUT2D eigenvalue weighted by Gasteiger charge is -2.35. The highest BCUT2D eigenvalue weighted by Crippen LogP contribution is 2.46. The Labute approximate surface area is 179 Å². The highest BCUT2D eigenvalue weighted by Gasteiger charge is 2.59. The van der Waals surface area contributed by atoms with E-state index in [-0.39, 0.29) is 23.9 Å². The third-order valence-corrected chi connectivity index (χ3v) is 5.27. The molecule has 1 aliphatic rings. The number of nitrogens with one attached hydrogen (secondary N) is 1. The van der Waals surface area contributed by atoms with Gasteiger partial charge in [0.15, 0.2) is 17.4 Å². The molecule has 8 heteroatoms. The Morgan fingerprint density at radius 1 is 1.23 bits per heavy atom. The van der Waals surface area contributed by atoms with Gasteiger partial charge < -0.3 is 20.1 Å². The van der Waals surface area contributed by atoms with E-state index in [1.54, 1.807) is 45.0 Å². The smallest absolute Gasteiger partial charge is 0.338 e. The van der Waals surface area contributed by atoms with Gasteiger partial charge in [0.25, 0.3) is 5.91 Å². The monoisotopic (exact) mass is 428 g/mol. The van der Waals surface area contributed by atoms with E-state index in [1.165, 1.54) is 17.9 Å². The molecule has 164 valence electrons. The Morgan fingerprint density at radius 2 is 1.90 bits per heavy atom. The first-order chi connectivity index (χ1) is 14.6. The Bertz CT molecular complexity index is 1040. The van der Waals surface area contributed by atoms with Crippen LogP contribution in [0.5, 0.6) is 0 Å². The molecule has 2 aromatic rings. The quantitative estimate of drug-likeness (QED) is 0.520. The summed E-state index contributed by atoms with van der Waals surface area (Å²) in [4.78, 5) is 40.0. The van der Waals surface area contributed by atoms with Gasteiger partial charge in [0.1, 0.15) is 5.82 Å². The van der Waals surface area contributed by atoms with Crippen molar-refractivity contribution in [3.63, 3.8) is 0 Å². The highest BCUT2D eigenvalue weighted by molar-refractivity contribution is 6.13. The summed E-state index contributed by atoms with van der Waals surface area (Å²) >= 11 is 0. The maximum Gasteiger partial charge on any atom is 0.338 e. The second-order valence-electron chi connectivity index (χ2n) is 7.62. The summed E-state index contributed by atoms with van der Waals surface area (Å²) in [5, 5.41) is 14.0. The number of fused-ring (bicyclic) bond motifs is 1. The van der Waals surface area contributed by atoms with Crippen LogP contribution < -0.4 is 10.2 Å². The second kappa shape index (κ2) is 8.47. The van der Waals surface area contributed by atoms with E-state index in [4.69, 9.17) is 4.74 Å². The Kier molecular flexibility index (Phi) is 6.13. The summed E-state index contributed by atoms with van der Waals surface area (Å²) in [6.07, 6.45) is -1.92. The molecule has 0 radical (unpaired) electrons. The zero-order valence-electron chi connectivity index (χ0n) is 17.8. The van der Waals surface area contributed by atoms with Crippen molar-refractivity contribution in [2.24, 2.45) is 0 Å². The first kappa shape index (κ1) is 22.4. The molecule has 0 saturated heterocycles. The van der Waals surface area contributed by atoms with E-state index in [9.17, 15) is 23.9 Å². The standard InChI is InChI=1S/C23H25FN2O5/c1-5-31-21(29)20(28)23(25-18-11-10-15(24)12-16(18)14(4)27)17-8-6-7-9-19(17)26(13(2)3)22(23)30/h6-13,20,25,28H,5H2,1-4H3/t20-,23+/m1/s1. The van der Waals surface area contributed by atoms with Gasteiger partial charge in [-0.05, 0) is 52.0 Å². The van der Waals surface area contributed by atoms with E-state index in [0.29, 0.717) is 11.3 Å². The topological polar surface area (TPSA) is 95.9 Å². The molecule has 3 rings (SSSR count). The molecule has 0 spiro atoms. The molecule has 1 aliphatic heterocycles. The number of ketones is 1. The number of ether oxygens (including phenoxy) is 1. The summed E-state index contributed by atoms with van der Waals surface area (Å²) in [7, 11) is 0. The second-order valence-corrected chi connectivity index (χ2v) is 7.62. The molecule has 2 atom stereocenters. The fourth-order valence-electron chi connectivity index (χ4n) is 3.93. The molecule has 0 aliphatic carbocycles. The third-order valence-electron chi connectivity index (χ3n) is 5.27. The summed E-state index contributed by atoms with van der Waals surface area (Å²) < 4.78 is 18.8. The van der Waals surface area contributed by atoms with Crippen LogP contribution in [0, 0.1) is 5.82 Å². The molecule has 0 aromatic heterocycles. The van der Waals surface area contributed by atoms with Crippen LogP contribution in [0.4, 0.5) is 15.8 Å². The molecule has 31 heavy (non-hydrogen) atoms. The number of carbonyl (C=O) groups excluding carboxylic acids is 3. The highest BCUT2D eigenvalue weighted by atomic mass is 19.1. The van der Waals surface area contributed by atoms with Crippen molar-refractivity contribution < 1.29 is 28.6 Å². The van der Waals surface area contributed by atoms with Crippen molar-refractivity contribution in [2.45, 2.75) is 45.4 Å². The minimum Gasteiger partial charge on any atom is -0.464 e. The average molecular weight is 428 g/mol.